The van der Waals surface area contributed by atoms with E-state index < -0.39 is 5.60 Å². The van der Waals surface area contributed by atoms with Gasteiger partial charge in [-0.15, -0.1) is 12.3 Å². The van der Waals surface area contributed by atoms with Crippen molar-refractivity contribution in [3.05, 3.63) is 0 Å². The monoisotopic (exact) mass is 180 g/mol. The molecule has 0 aromatic rings. The first kappa shape index (κ1) is 10.6. The minimum atomic E-state index is -0.521. The van der Waals surface area contributed by atoms with E-state index in [4.69, 9.17) is 6.42 Å². The van der Waals surface area contributed by atoms with Gasteiger partial charge in [-0.05, 0) is 32.1 Å². The van der Waals surface area contributed by atoms with E-state index in [1.807, 2.05) is 6.92 Å². The summed E-state index contributed by atoms with van der Waals surface area (Å²) in [5.74, 6) is 3.08. The van der Waals surface area contributed by atoms with Gasteiger partial charge < -0.3 is 5.11 Å². The van der Waals surface area contributed by atoms with E-state index in [-0.39, 0.29) is 0 Å². The molecule has 1 fully saturated rings. The van der Waals surface area contributed by atoms with Crippen molar-refractivity contribution in [1.29, 1.82) is 0 Å². The smallest absolute Gasteiger partial charge is 0.0656 e. The Morgan fingerprint density at radius 3 is 2.54 bits per heavy atom. The standard InChI is InChI=1S/C12H20O/c1-3-4-10-12(2,13)11-8-6-5-7-9-11/h1,11,13H,4-10H2,2H3. The SMILES string of the molecule is C#CCCC(C)(O)C1CCCCC1. The number of hydrogen-bond donors (Lipinski definition) is 1. The second-order valence-corrected chi connectivity index (χ2v) is 4.40. The first-order valence-electron chi connectivity index (χ1n) is 5.32. The van der Waals surface area contributed by atoms with Crippen LogP contribution < -0.4 is 0 Å². The van der Waals surface area contributed by atoms with Crippen molar-refractivity contribution in [1.82, 2.24) is 0 Å². The van der Waals surface area contributed by atoms with Gasteiger partial charge in [0.05, 0.1) is 5.60 Å². The fourth-order valence-corrected chi connectivity index (χ4v) is 2.25. The number of terminal acetylenes is 1. The first-order valence-corrected chi connectivity index (χ1v) is 5.32. The molecule has 1 atom stereocenters. The zero-order chi connectivity index (χ0) is 9.73. The molecule has 1 aliphatic rings. The Balaban J connectivity index is 2.42. The van der Waals surface area contributed by atoms with Crippen molar-refractivity contribution in [2.24, 2.45) is 5.92 Å². The molecule has 0 amide bonds. The van der Waals surface area contributed by atoms with Crippen LogP contribution in [-0.4, -0.2) is 10.7 Å². The van der Waals surface area contributed by atoms with Crippen LogP contribution in [0.2, 0.25) is 0 Å². The predicted molar refractivity (Wildman–Crippen MR) is 55.3 cm³/mol. The van der Waals surface area contributed by atoms with Crippen LogP contribution in [0.15, 0.2) is 0 Å². The third-order valence-corrected chi connectivity index (χ3v) is 3.26. The molecule has 1 unspecified atom stereocenters. The van der Waals surface area contributed by atoms with E-state index in [2.05, 4.69) is 5.92 Å². The van der Waals surface area contributed by atoms with E-state index in [9.17, 15) is 5.11 Å². The first-order chi connectivity index (χ1) is 6.17. The van der Waals surface area contributed by atoms with Crippen molar-refractivity contribution >= 4 is 0 Å². The van der Waals surface area contributed by atoms with Gasteiger partial charge in [0.2, 0.25) is 0 Å². The zero-order valence-electron chi connectivity index (χ0n) is 8.55. The molecule has 1 rings (SSSR count). The lowest BCUT2D eigenvalue weighted by Crippen LogP contribution is -2.35. The summed E-state index contributed by atoms with van der Waals surface area (Å²) < 4.78 is 0. The lowest BCUT2D eigenvalue weighted by atomic mass is 9.76. The maximum atomic E-state index is 10.2. The zero-order valence-corrected chi connectivity index (χ0v) is 8.55. The van der Waals surface area contributed by atoms with Crippen LogP contribution in [0.4, 0.5) is 0 Å². The van der Waals surface area contributed by atoms with E-state index in [1.165, 1.54) is 32.1 Å². The van der Waals surface area contributed by atoms with Crippen LogP contribution >= 0.6 is 0 Å². The van der Waals surface area contributed by atoms with Gasteiger partial charge in [-0.1, -0.05) is 19.3 Å². The van der Waals surface area contributed by atoms with Crippen molar-refractivity contribution in [3.63, 3.8) is 0 Å². The van der Waals surface area contributed by atoms with E-state index in [0.717, 1.165) is 6.42 Å². The van der Waals surface area contributed by atoms with Gasteiger partial charge in [-0.3, -0.25) is 0 Å². The minimum Gasteiger partial charge on any atom is -0.390 e. The summed E-state index contributed by atoms with van der Waals surface area (Å²) in [6.45, 7) is 1.94. The summed E-state index contributed by atoms with van der Waals surface area (Å²) in [6, 6.07) is 0. The molecular formula is C12H20O. The van der Waals surface area contributed by atoms with Gasteiger partial charge in [0.25, 0.3) is 0 Å². The summed E-state index contributed by atoms with van der Waals surface area (Å²) in [6.07, 6.45) is 12.9. The lowest BCUT2D eigenvalue weighted by molar-refractivity contribution is -0.0222. The maximum Gasteiger partial charge on any atom is 0.0656 e. The average Bonchev–Trinajstić information content (AvgIpc) is 2.16. The molecular weight excluding hydrogens is 160 g/mol. The normalized spacial score (nSPS) is 23.5. The van der Waals surface area contributed by atoms with Gasteiger partial charge in [0.1, 0.15) is 0 Å². The van der Waals surface area contributed by atoms with Crippen LogP contribution in [0.5, 0.6) is 0 Å². The molecule has 0 aromatic carbocycles. The van der Waals surface area contributed by atoms with Gasteiger partial charge in [0, 0.05) is 6.42 Å². The molecule has 13 heavy (non-hydrogen) atoms. The Hall–Kier alpha value is -0.480. The number of aliphatic hydroxyl groups is 1. The van der Waals surface area contributed by atoms with Crippen LogP contribution in [0.3, 0.4) is 0 Å². The summed E-state index contributed by atoms with van der Waals surface area (Å²) >= 11 is 0. The largest absolute Gasteiger partial charge is 0.390 e. The Bertz CT molecular complexity index is 182. The molecule has 0 spiro atoms. The van der Waals surface area contributed by atoms with Crippen LogP contribution in [0, 0.1) is 18.3 Å². The van der Waals surface area contributed by atoms with Crippen molar-refractivity contribution in [2.45, 2.75) is 57.5 Å². The number of rotatable bonds is 3. The summed E-state index contributed by atoms with van der Waals surface area (Å²) in [7, 11) is 0. The van der Waals surface area contributed by atoms with Crippen molar-refractivity contribution in [3.8, 4) is 12.3 Å². The van der Waals surface area contributed by atoms with Crippen LogP contribution in [0.1, 0.15) is 51.9 Å². The van der Waals surface area contributed by atoms with Crippen molar-refractivity contribution in [2.75, 3.05) is 0 Å². The van der Waals surface area contributed by atoms with E-state index >= 15 is 0 Å². The van der Waals surface area contributed by atoms with Gasteiger partial charge >= 0.3 is 0 Å². The summed E-state index contributed by atoms with van der Waals surface area (Å²) in [5, 5.41) is 10.2. The lowest BCUT2D eigenvalue weighted by Gasteiger charge is -2.35. The van der Waals surface area contributed by atoms with Crippen LogP contribution in [0.25, 0.3) is 0 Å². The molecule has 1 saturated carbocycles. The van der Waals surface area contributed by atoms with E-state index in [1.54, 1.807) is 0 Å². The quantitative estimate of drug-likeness (QED) is 0.662. The fourth-order valence-electron chi connectivity index (χ4n) is 2.25. The Labute approximate surface area is 81.5 Å². The maximum absolute atomic E-state index is 10.2. The van der Waals surface area contributed by atoms with Crippen molar-refractivity contribution < 1.29 is 5.11 Å². The average molecular weight is 180 g/mol. The Kier molecular flexibility index (Phi) is 3.81. The highest BCUT2D eigenvalue weighted by molar-refractivity contribution is 4.91. The molecule has 74 valence electrons. The van der Waals surface area contributed by atoms with E-state index in [0.29, 0.717) is 12.3 Å². The number of hydrogen-bond acceptors (Lipinski definition) is 1. The van der Waals surface area contributed by atoms with Gasteiger partial charge in [-0.25, -0.2) is 0 Å². The van der Waals surface area contributed by atoms with Gasteiger partial charge in [-0.2, -0.15) is 0 Å². The highest BCUT2D eigenvalue weighted by atomic mass is 16.3. The molecule has 0 heterocycles. The summed E-state index contributed by atoms with van der Waals surface area (Å²) in [4.78, 5) is 0. The predicted octanol–water partition coefficient (Wildman–Crippen LogP) is 2.73. The molecule has 1 heteroatoms. The molecule has 0 saturated heterocycles. The Morgan fingerprint density at radius 1 is 1.38 bits per heavy atom. The molecule has 0 bridgehead atoms. The molecule has 1 N–H and O–H groups in total. The molecule has 1 nitrogen and oxygen atoms in total. The highest BCUT2D eigenvalue weighted by Crippen LogP contribution is 2.34. The Morgan fingerprint density at radius 2 is 2.00 bits per heavy atom. The van der Waals surface area contributed by atoms with Gasteiger partial charge in [0.15, 0.2) is 0 Å². The second kappa shape index (κ2) is 4.67. The molecule has 1 aliphatic carbocycles. The minimum absolute atomic E-state index is 0.481. The summed E-state index contributed by atoms with van der Waals surface area (Å²) in [5.41, 5.74) is -0.521. The second-order valence-electron chi connectivity index (χ2n) is 4.40. The fraction of sp³-hybridized carbons (Fsp3) is 0.833. The van der Waals surface area contributed by atoms with Crippen LogP contribution in [-0.2, 0) is 0 Å². The highest BCUT2D eigenvalue weighted by Gasteiger charge is 2.31. The molecule has 0 aliphatic heterocycles. The topological polar surface area (TPSA) is 20.2 Å². The molecule has 0 radical (unpaired) electrons. The molecule has 0 aromatic heterocycles. The third-order valence-electron chi connectivity index (χ3n) is 3.26. The third kappa shape index (κ3) is 3.04.